The van der Waals surface area contributed by atoms with Gasteiger partial charge in [0.05, 0.1) is 25.5 Å². The van der Waals surface area contributed by atoms with Gasteiger partial charge in [-0.05, 0) is 30.3 Å². The van der Waals surface area contributed by atoms with E-state index in [1.165, 1.54) is 0 Å². The van der Waals surface area contributed by atoms with Gasteiger partial charge in [0.15, 0.2) is 0 Å². The minimum atomic E-state index is 0.428. The molecule has 5 nitrogen and oxygen atoms in total. The van der Waals surface area contributed by atoms with Gasteiger partial charge in [0, 0.05) is 17.4 Å². The summed E-state index contributed by atoms with van der Waals surface area (Å²) in [5, 5.41) is 12.2. The third kappa shape index (κ3) is 2.75. The van der Waals surface area contributed by atoms with Gasteiger partial charge in [-0.2, -0.15) is 5.26 Å². The van der Waals surface area contributed by atoms with Crippen LogP contribution in [0.3, 0.4) is 0 Å². The molecular weight excluding hydrogens is 254 g/mol. The summed E-state index contributed by atoms with van der Waals surface area (Å²) in [4.78, 5) is 0. The number of hydrogen-bond donors (Lipinski definition) is 2. The van der Waals surface area contributed by atoms with Gasteiger partial charge in [0.1, 0.15) is 17.6 Å². The number of nitrogens with one attached hydrogen (secondary N) is 1. The smallest absolute Gasteiger partial charge is 0.142 e. The number of rotatable bonds is 4. The van der Waals surface area contributed by atoms with Crippen molar-refractivity contribution in [2.45, 2.75) is 0 Å². The summed E-state index contributed by atoms with van der Waals surface area (Å²) < 4.78 is 10.5. The molecule has 0 aliphatic carbocycles. The third-order valence-corrected chi connectivity index (χ3v) is 2.86. The van der Waals surface area contributed by atoms with Crippen LogP contribution in [-0.2, 0) is 0 Å². The molecule has 0 amide bonds. The van der Waals surface area contributed by atoms with Gasteiger partial charge in [-0.1, -0.05) is 0 Å². The van der Waals surface area contributed by atoms with E-state index < -0.39 is 0 Å². The van der Waals surface area contributed by atoms with E-state index in [9.17, 15) is 0 Å². The summed E-state index contributed by atoms with van der Waals surface area (Å²) in [6.07, 6.45) is 0. The molecule has 0 saturated carbocycles. The van der Waals surface area contributed by atoms with Crippen molar-refractivity contribution in [2.24, 2.45) is 0 Å². The van der Waals surface area contributed by atoms with Gasteiger partial charge in [-0.25, -0.2) is 0 Å². The topological polar surface area (TPSA) is 80.3 Å². The normalized spacial score (nSPS) is 9.65. The first-order valence-corrected chi connectivity index (χ1v) is 5.96. The zero-order chi connectivity index (χ0) is 14.5. The number of anilines is 3. The summed E-state index contributed by atoms with van der Waals surface area (Å²) in [6.45, 7) is 0. The fraction of sp³-hybridized carbons (Fsp3) is 0.133. The first kappa shape index (κ1) is 13.6. The molecule has 0 bridgehead atoms. The second kappa shape index (κ2) is 5.85. The Hall–Kier alpha value is -2.87. The van der Waals surface area contributed by atoms with E-state index >= 15 is 0 Å². The monoisotopic (exact) mass is 269 g/mol. The molecule has 0 unspecified atom stereocenters. The highest BCUT2D eigenvalue weighted by molar-refractivity contribution is 5.71. The molecule has 0 aliphatic rings. The highest BCUT2D eigenvalue weighted by Gasteiger charge is 2.07. The van der Waals surface area contributed by atoms with Crippen molar-refractivity contribution in [2.75, 3.05) is 25.3 Å². The van der Waals surface area contributed by atoms with Crippen LogP contribution < -0.4 is 20.5 Å². The average molecular weight is 269 g/mol. The maximum Gasteiger partial charge on any atom is 0.142 e. The number of ether oxygens (including phenoxy) is 2. The molecule has 0 aromatic heterocycles. The number of nitriles is 1. The molecule has 102 valence electrons. The highest BCUT2D eigenvalue weighted by Crippen LogP contribution is 2.32. The van der Waals surface area contributed by atoms with Gasteiger partial charge in [-0.15, -0.1) is 0 Å². The van der Waals surface area contributed by atoms with E-state index in [-0.39, 0.29) is 0 Å². The largest absolute Gasteiger partial charge is 0.497 e. The van der Waals surface area contributed by atoms with Crippen molar-refractivity contribution in [1.29, 1.82) is 5.26 Å². The van der Waals surface area contributed by atoms with Crippen LogP contribution in [0.2, 0.25) is 0 Å². The summed E-state index contributed by atoms with van der Waals surface area (Å²) in [7, 11) is 3.19. The van der Waals surface area contributed by atoms with Gasteiger partial charge in [0.25, 0.3) is 0 Å². The number of benzene rings is 2. The van der Waals surface area contributed by atoms with Crippen LogP contribution in [0.25, 0.3) is 0 Å². The van der Waals surface area contributed by atoms with Crippen molar-refractivity contribution in [3.63, 3.8) is 0 Å². The first-order chi connectivity index (χ1) is 9.67. The van der Waals surface area contributed by atoms with E-state index in [0.717, 1.165) is 11.4 Å². The fourth-order valence-corrected chi connectivity index (χ4v) is 1.80. The quantitative estimate of drug-likeness (QED) is 0.834. The summed E-state index contributed by atoms with van der Waals surface area (Å²) in [5.41, 5.74) is 8.08. The molecule has 20 heavy (non-hydrogen) atoms. The maximum atomic E-state index is 8.99. The van der Waals surface area contributed by atoms with Crippen molar-refractivity contribution >= 4 is 17.1 Å². The van der Waals surface area contributed by atoms with E-state index in [1.807, 2.05) is 18.2 Å². The molecule has 2 rings (SSSR count). The van der Waals surface area contributed by atoms with Crippen molar-refractivity contribution in [3.8, 4) is 17.6 Å². The van der Waals surface area contributed by atoms with Crippen molar-refractivity contribution < 1.29 is 9.47 Å². The Labute approximate surface area is 117 Å². The molecule has 0 aliphatic heterocycles. The molecule has 2 aromatic rings. The first-order valence-electron chi connectivity index (χ1n) is 5.96. The molecular formula is C15H15N3O2. The molecule has 0 saturated heterocycles. The second-order valence-electron chi connectivity index (χ2n) is 4.11. The molecule has 0 heterocycles. The van der Waals surface area contributed by atoms with Crippen LogP contribution in [0, 0.1) is 11.3 Å². The SMILES string of the molecule is COc1ccc(OC)c(Nc2ccc(N)c(C#N)c2)c1. The lowest BCUT2D eigenvalue weighted by atomic mass is 10.1. The summed E-state index contributed by atoms with van der Waals surface area (Å²) in [6, 6.07) is 12.7. The lowest BCUT2D eigenvalue weighted by molar-refractivity contribution is 0.405. The third-order valence-electron chi connectivity index (χ3n) is 2.86. The molecule has 0 atom stereocenters. The Kier molecular flexibility index (Phi) is 3.96. The molecule has 0 fully saturated rings. The lowest BCUT2D eigenvalue weighted by Crippen LogP contribution is -1.97. The van der Waals surface area contributed by atoms with E-state index in [2.05, 4.69) is 11.4 Å². The number of nitrogens with zero attached hydrogens (tertiary/aromatic N) is 1. The van der Waals surface area contributed by atoms with Gasteiger partial charge in [-0.3, -0.25) is 0 Å². The lowest BCUT2D eigenvalue weighted by Gasteiger charge is -2.13. The van der Waals surface area contributed by atoms with Gasteiger partial charge >= 0.3 is 0 Å². The number of nitrogen functional groups attached to an aromatic ring is 1. The van der Waals surface area contributed by atoms with Crippen LogP contribution in [0.5, 0.6) is 11.5 Å². The Morgan fingerprint density at radius 2 is 1.90 bits per heavy atom. The minimum absolute atomic E-state index is 0.428. The van der Waals surface area contributed by atoms with E-state index in [0.29, 0.717) is 22.7 Å². The molecule has 0 spiro atoms. The maximum absolute atomic E-state index is 8.99. The Bertz CT molecular complexity index is 663. The molecule has 3 N–H and O–H groups in total. The van der Waals surface area contributed by atoms with E-state index in [1.54, 1.807) is 32.4 Å². The molecule has 0 radical (unpaired) electrons. The van der Waals surface area contributed by atoms with Gasteiger partial charge in [0.2, 0.25) is 0 Å². The number of hydrogen-bond acceptors (Lipinski definition) is 5. The van der Waals surface area contributed by atoms with Crippen LogP contribution in [-0.4, -0.2) is 14.2 Å². The Morgan fingerprint density at radius 3 is 2.55 bits per heavy atom. The van der Waals surface area contributed by atoms with Crippen LogP contribution in [0.15, 0.2) is 36.4 Å². The predicted molar refractivity (Wildman–Crippen MR) is 78.4 cm³/mol. The summed E-state index contributed by atoms with van der Waals surface area (Å²) in [5.74, 6) is 1.39. The van der Waals surface area contributed by atoms with Gasteiger partial charge < -0.3 is 20.5 Å². The van der Waals surface area contributed by atoms with E-state index in [4.69, 9.17) is 20.5 Å². The zero-order valence-corrected chi connectivity index (χ0v) is 11.3. The second-order valence-corrected chi connectivity index (χ2v) is 4.11. The van der Waals surface area contributed by atoms with Crippen molar-refractivity contribution in [1.82, 2.24) is 0 Å². The zero-order valence-electron chi connectivity index (χ0n) is 11.3. The predicted octanol–water partition coefficient (Wildman–Crippen LogP) is 2.90. The van der Waals surface area contributed by atoms with Crippen molar-refractivity contribution in [3.05, 3.63) is 42.0 Å². The van der Waals surface area contributed by atoms with Crippen LogP contribution in [0.4, 0.5) is 17.1 Å². The Morgan fingerprint density at radius 1 is 1.10 bits per heavy atom. The molecule has 2 aromatic carbocycles. The minimum Gasteiger partial charge on any atom is -0.497 e. The standard InChI is InChI=1S/C15H15N3O2/c1-19-12-4-6-15(20-2)14(8-12)18-11-3-5-13(17)10(7-11)9-16/h3-8,18H,17H2,1-2H3. The highest BCUT2D eigenvalue weighted by atomic mass is 16.5. The fourth-order valence-electron chi connectivity index (χ4n) is 1.80. The van der Waals surface area contributed by atoms with Crippen LogP contribution >= 0.6 is 0 Å². The average Bonchev–Trinajstić information content (AvgIpc) is 2.49. The molecule has 5 heteroatoms. The Balaban J connectivity index is 2.36. The number of nitrogens with two attached hydrogens (primary N) is 1. The summed E-state index contributed by atoms with van der Waals surface area (Å²) >= 11 is 0. The van der Waals surface area contributed by atoms with Crippen LogP contribution in [0.1, 0.15) is 5.56 Å². The number of methoxy groups -OCH3 is 2.